The summed E-state index contributed by atoms with van der Waals surface area (Å²) in [6.45, 7) is 12.6. The van der Waals surface area contributed by atoms with Gasteiger partial charge in [-0.3, -0.25) is 4.68 Å². The van der Waals surface area contributed by atoms with Gasteiger partial charge in [-0.25, -0.2) is 0 Å². The average molecular weight is 351 g/mol. The fourth-order valence-corrected chi connectivity index (χ4v) is 2.42. The number of hydrogen-bond donors (Lipinski definition) is 2. The number of benzene rings is 1. The fourth-order valence-electron chi connectivity index (χ4n) is 2.42. The Labute approximate surface area is 151 Å². The Morgan fingerprint density at radius 3 is 2.52 bits per heavy atom. The van der Waals surface area contributed by atoms with Crippen molar-refractivity contribution in [2.75, 3.05) is 53.0 Å². The summed E-state index contributed by atoms with van der Waals surface area (Å²) in [5.74, 6) is 0. The van der Waals surface area contributed by atoms with Crippen LogP contribution in [0.2, 0.25) is 0 Å². The number of aliphatic hydroxyl groups excluding tert-OH is 1. The molecule has 6 nitrogen and oxygen atoms in total. The number of nitrogens with one attached hydrogen (secondary N) is 1. The summed E-state index contributed by atoms with van der Waals surface area (Å²) in [6.07, 6.45) is 1.90. The molecular formula is C19H34N4O2. The van der Waals surface area contributed by atoms with Gasteiger partial charge in [-0.2, -0.15) is 5.10 Å². The smallest absolute Gasteiger partial charge is 0.0685 e. The quantitative estimate of drug-likeness (QED) is 0.862. The van der Waals surface area contributed by atoms with E-state index in [1.807, 2.05) is 31.8 Å². The van der Waals surface area contributed by atoms with E-state index in [9.17, 15) is 0 Å². The minimum absolute atomic E-state index is 0.204. The Kier molecular flexibility index (Phi) is 11.1. The van der Waals surface area contributed by atoms with Crippen molar-refractivity contribution in [3.63, 3.8) is 0 Å². The summed E-state index contributed by atoms with van der Waals surface area (Å²) in [4.78, 5) is 2.10. The third-order valence-corrected chi connectivity index (χ3v) is 3.82. The van der Waals surface area contributed by atoms with Gasteiger partial charge in [-0.05, 0) is 25.6 Å². The number of ether oxygens (including phenoxy) is 1. The molecule has 142 valence electrons. The van der Waals surface area contributed by atoms with E-state index in [2.05, 4.69) is 40.4 Å². The summed E-state index contributed by atoms with van der Waals surface area (Å²) < 4.78 is 7.03. The van der Waals surface area contributed by atoms with E-state index in [1.54, 1.807) is 0 Å². The van der Waals surface area contributed by atoms with Crippen molar-refractivity contribution in [3.05, 3.63) is 30.0 Å². The van der Waals surface area contributed by atoms with E-state index in [4.69, 9.17) is 9.84 Å². The molecule has 1 aromatic carbocycles. The molecule has 0 spiro atoms. The molecule has 0 radical (unpaired) electrons. The van der Waals surface area contributed by atoms with Gasteiger partial charge < -0.3 is 20.1 Å². The highest BCUT2D eigenvalue weighted by Crippen LogP contribution is 2.15. The lowest BCUT2D eigenvalue weighted by Crippen LogP contribution is -2.30. The van der Waals surface area contributed by atoms with Gasteiger partial charge in [0, 0.05) is 31.6 Å². The average Bonchev–Trinajstić information content (AvgIpc) is 3.06. The minimum Gasteiger partial charge on any atom is -0.395 e. The molecule has 3 rings (SSSR count). The second-order valence-electron chi connectivity index (χ2n) is 5.82. The van der Waals surface area contributed by atoms with Crippen LogP contribution in [0.3, 0.4) is 0 Å². The lowest BCUT2D eigenvalue weighted by atomic mass is 10.2. The molecule has 1 aliphatic rings. The van der Waals surface area contributed by atoms with Gasteiger partial charge in [-0.15, -0.1) is 0 Å². The van der Waals surface area contributed by atoms with Gasteiger partial charge >= 0.3 is 0 Å². The molecule has 6 heteroatoms. The maximum Gasteiger partial charge on any atom is 0.0685 e. The zero-order valence-corrected chi connectivity index (χ0v) is 16.2. The lowest BCUT2D eigenvalue weighted by molar-refractivity contribution is 0.109. The number of likely N-dealkylation sites (N-methyl/N-ethyl adjacent to an activating group) is 1. The van der Waals surface area contributed by atoms with E-state index in [0.717, 1.165) is 39.4 Å². The van der Waals surface area contributed by atoms with Crippen LogP contribution in [0.5, 0.6) is 0 Å². The van der Waals surface area contributed by atoms with Crippen molar-refractivity contribution in [3.8, 4) is 0 Å². The second kappa shape index (κ2) is 12.8. The fraction of sp³-hybridized carbons (Fsp3) is 0.632. The van der Waals surface area contributed by atoms with E-state index in [0.29, 0.717) is 6.54 Å². The molecule has 0 atom stereocenters. The number of fused-ring (bicyclic) bond motifs is 1. The number of aromatic nitrogens is 2. The molecule has 1 aromatic heterocycles. The van der Waals surface area contributed by atoms with Crippen molar-refractivity contribution in [2.45, 2.75) is 27.3 Å². The first-order chi connectivity index (χ1) is 12.2. The van der Waals surface area contributed by atoms with Crippen LogP contribution in [0.15, 0.2) is 24.4 Å². The molecular weight excluding hydrogens is 316 g/mol. The Hall–Kier alpha value is -1.47. The Bertz CT molecular complexity index is 570. The molecule has 0 aliphatic carbocycles. The zero-order valence-electron chi connectivity index (χ0n) is 16.2. The summed E-state index contributed by atoms with van der Waals surface area (Å²) in [5, 5.41) is 17.6. The highest BCUT2D eigenvalue weighted by molar-refractivity contribution is 5.79. The Morgan fingerprint density at radius 2 is 1.96 bits per heavy atom. The summed E-state index contributed by atoms with van der Waals surface area (Å²) in [6, 6.07) is 6.37. The Balaban J connectivity index is 0.000000326. The van der Waals surface area contributed by atoms with Crippen molar-refractivity contribution >= 4 is 10.9 Å². The molecule has 2 N–H and O–H groups in total. The maximum absolute atomic E-state index is 8.84. The number of morpholine rings is 1. The van der Waals surface area contributed by atoms with Crippen LogP contribution in [0.4, 0.5) is 0 Å². The van der Waals surface area contributed by atoms with Gasteiger partial charge in [0.1, 0.15) is 0 Å². The number of nitrogens with zero attached hydrogens (tertiary/aromatic N) is 3. The third-order valence-electron chi connectivity index (χ3n) is 3.82. The lowest BCUT2D eigenvalue weighted by Gasteiger charge is -2.15. The van der Waals surface area contributed by atoms with Crippen molar-refractivity contribution < 1.29 is 9.84 Å². The molecule has 2 heterocycles. The van der Waals surface area contributed by atoms with E-state index < -0.39 is 0 Å². The number of rotatable bonds is 5. The minimum atomic E-state index is 0.204. The van der Waals surface area contributed by atoms with Crippen LogP contribution in [-0.2, 0) is 11.3 Å². The van der Waals surface area contributed by atoms with Gasteiger partial charge in [0.2, 0.25) is 0 Å². The molecule has 0 unspecified atom stereocenters. The highest BCUT2D eigenvalue weighted by atomic mass is 16.5. The van der Waals surface area contributed by atoms with Gasteiger partial charge in [0.15, 0.2) is 0 Å². The SMILES string of the molecule is C1COCCN1.CC.Cc1ccc2cnn(CCN(C)CCO)c2c1. The predicted molar refractivity (Wildman–Crippen MR) is 104 cm³/mol. The summed E-state index contributed by atoms with van der Waals surface area (Å²) >= 11 is 0. The van der Waals surface area contributed by atoms with Gasteiger partial charge in [-0.1, -0.05) is 26.0 Å². The molecule has 1 fully saturated rings. The highest BCUT2D eigenvalue weighted by Gasteiger charge is 2.04. The van der Waals surface area contributed by atoms with E-state index >= 15 is 0 Å². The predicted octanol–water partition coefficient (Wildman–Crippen LogP) is 1.90. The zero-order chi connectivity index (χ0) is 18.5. The molecule has 1 saturated heterocycles. The molecule has 0 bridgehead atoms. The monoisotopic (exact) mass is 350 g/mol. The van der Waals surface area contributed by atoms with Crippen LogP contribution in [-0.4, -0.2) is 72.8 Å². The summed E-state index contributed by atoms with van der Waals surface area (Å²) in [5.41, 5.74) is 2.44. The van der Waals surface area contributed by atoms with Crippen LogP contribution >= 0.6 is 0 Å². The van der Waals surface area contributed by atoms with Crippen molar-refractivity contribution in [1.82, 2.24) is 20.0 Å². The first-order valence-electron chi connectivity index (χ1n) is 9.21. The van der Waals surface area contributed by atoms with Gasteiger partial charge in [0.05, 0.1) is 38.1 Å². The first-order valence-corrected chi connectivity index (χ1v) is 9.21. The number of aryl methyl sites for hydroxylation is 1. The topological polar surface area (TPSA) is 62.5 Å². The third kappa shape index (κ3) is 7.96. The molecule has 0 saturated carbocycles. The molecule has 1 aliphatic heterocycles. The van der Waals surface area contributed by atoms with Gasteiger partial charge in [0.25, 0.3) is 0 Å². The summed E-state index contributed by atoms with van der Waals surface area (Å²) in [7, 11) is 2.01. The largest absolute Gasteiger partial charge is 0.395 e. The standard InChI is InChI=1S/C13H19N3O.C4H9NO.C2H6/c1-11-3-4-12-10-14-16(13(12)9-11)6-5-15(2)7-8-17;1-3-6-4-2-5-1;1-2/h3-4,9-10,17H,5-8H2,1-2H3;5H,1-4H2;1-2H3. The maximum atomic E-state index is 8.84. The molecule has 25 heavy (non-hydrogen) atoms. The van der Waals surface area contributed by atoms with Crippen LogP contribution < -0.4 is 5.32 Å². The Morgan fingerprint density at radius 1 is 1.24 bits per heavy atom. The molecule has 0 amide bonds. The number of hydrogen-bond acceptors (Lipinski definition) is 5. The second-order valence-corrected chi connectivity index (χ2v) is 5.82. The van der Waals surface area contributed by atoms with Crippen LogP contribution in [0.1, 0.15) is 19.4 Å². The van der Waals surface area contributed by atoms with E-state index in [-0.39, 0.29) is 6.61 Å². The molecule has 2 aromatic rings. The van der Waals surface area contributed by atoms with Crippen molar-refractivity contribution in [1.29, 1.82) is 0 Å². The van der Waals surface area contributed by atoms with E-state index in [1.165, 1.54) is 16.5 Å². The van der Waals surface area contributed by atoms with Crippen LogP contribution in [0.25, 0.3) is 10.9 Å². The van der Waals surface area contributed by atoms with Crippen LogP contribution in [0, 0.1) is 6.92 Å². The number of aliphatic hydroxyl groups is 1. The first kappa shape index (κ1) is 21.6. The van der Waals surface area contributed by atoms with Crippen molar-refractivity contribution in [2.24, 2.45) is 0 Å². The normalized spacial score (nSPS) is 13.8.